The second kappa shape index (κ2) is 3.41. The molecule has 0 radical (unpaired) electrons. The van der Waals surface area contributed by atoms with E-state index in [-0.39, 0.29) is 24.0 Å². The van der Waals surface area contributed by atoms with E-state index in [2.05, 4.69) is 9.79 Å². The maximum absolute atomic E-state index is 6.96. The fraction of sp³-hybridized carbons (Fsp3) is 0.600. The van der Waals surface area contributed by atoms with Crippen LogP contribution in [0, 0.1) is 5.41 Å². The zero-order valence-corrected chi connectivity index (χ0v) is 6.68. The van der Waals surface area contributed by atoms with Gasteiger partial charge in [-0.05, 0) is 13.8 Å². The van der Waals surface area contributed by atoms with E-state index in [1.54, 1.807) is 10.9 Å². The summed E-state index contributed by atoms with van der Waals surface area (Å²) in [5.41, 5.74) is 0.101. The van der Waals surface area contributed by atoms with Crippen molar-refractivity contribution in [2.45, 2.75) is 19.9 Å². The van der Waals surface area contributed by atoms with Crippen molar-refractivity contribution >= 4 is 12.4 Å². The van der Waals surface area contributed by atoms with Crippen LogP contribution in [-0.4, -0.2) is 0 Å². The van der Waals surface area contributed by atoms with Crippen LogP contribution in [-0.2, 0) is 0 Å². The number of nitrogens with one attached hydrogen (secondary N) is 1. The minimum absolute atomic E-state index is 0. The summed E-state index contributed by atoms with van der Waals surface area (Å²) in [6, 6.07) is 0.271. The average molecular weight is 164 g/mol. The molecule has 0 aromatic carbocycles. The lowest BCUT2D eigenvalue weighted by Gasteiger charge is -1.97. The largest absolute Gasteiger partial charge is 0.487 e. The molecule has 0 aliphatic rings. The smallest absolute Gasteiger partial charge is 0.264 e. The molecule has 10 heavy (non-hydrogen) atoms. The van der Waals surface area contributed by atoms with Gasteiger partial charge in [-0.15, -0.1) is 12.4 Å². The van der Waals surface area contributed by atoms with Gasteiger partial charge in [-0.1, -0.05) is 0 Å². The van der Waals surface area contributed by atoms with Gasteiger partial charge >= 0.3 is 0 Å². The molecule has 1 heterocycles. The monoisotopic (exact) mass is 163 g/mol. The first-order valence-electron chi connectivity index (χ1n) is 2.80. The van der Waals surface area contributed by atoms with E-state index in [0.29, 0.717) is 0 Å². The molecule has 0 atom stereocenters. The van der Waals surface area contributed by atoms with Crippen molar-refractivity contribution in [3.63, 3.8) is 0 Å². The highest BCUT2D eigenvalue weighted by molar-refractivity contribution is 5.85. The first kappa shape index (κ1) is 9.23. The standard InChI is InChI=1S/C5H9N3O.ClH/c1-4(2)8-3-5(6)9-7-8;/h3-4,6H,1-2H3;1H. The van der Waals surface area contributed by atoms with Crippen molar-refractivity contribution < 1.29 is 9.20 Å². The summed E-state index contributed by atoms with van der Waals surface area (Å²) in [6.45, 7) is 3.95. The Morgan fingerprint density at radius 3 is 2.50 bits per heavy atom. The molecular weight excluding hydrogens is 154 g/mol. The number of rotatable bonds is 1. The number of hydrogen-bond donors (Lipinski definition) is 1. The van der Waals surface area contributed by atoms with Crippen molar-refractivity contribution in [1.82, 2.24) is 5.27 Å². The lowest BCUT2D eigenvalue weighted by molar-refractivity contribution is -0.784. The first-order valence-corrected chi connectivity index (χ1v) is 2.80. The highest BCUT2D eigenvalue weighted by atomic mass is 35.5. The van der Waals surface area contributed by atoms with Gasteiger partial charge in [-0.25, -0.2) is 4.68 Å². The van der Waals surface area contributed by atoms with Crippen molar-refractivity contribution in [1.29, 1.82) is 5.41 Å². The van der Waals surface area contributed by atoms with Crippen molar-refractivity contribution in [3.05, 3.63) is 11.8 Å². The molecule has 0 saturated carbocycles. The van der Waals surface area contributed by atoms with E-state index in [1.165, 1.54) is 0 Å². The Bertz CT molecular complexity index is 239. The average Bonchev–Trinajstić information content (AvgIpc) is 2.14. The third-order valence-electron chi connectivity index (χ3n) is 1.01. The minimum atomic E-state index is 0. The van der Waals surface area contributed by atoms with Crippen LogP contribution < -0.4 is 15.5 Å². The molecule has 0 bridgehead atoms. The second-order valence-electron chi connectivity index (χ2n) is 2.14. The third kappa shape index (κ3) is 1.88. The predicted octanol–water partition coefficient (Wildman–Crippen LogP) is 0.00647. The van der Waals surface area contributed by atoms with Crippen LogP contribution in [0.25, 0.3) is 0 Å². The molecule has 0 aliphatic carbocycles. The summed E-state index contributed by atoms with van der Waals surface area (Å²) in [7, 11) is 0. The molecule has 1 rings (SSSR count). The fourth-order valence-electron chi connectivity index (χ4n) is 0.502. The van der Waals surface area contributed by atoms with Crippen LogP contribution in [0.15, 0.2) is 10.7 Å². The molecule has 4 nitrogen and oxygen atoms in total. The SMILES string of the molecule is CC(C)[n+]1cc(=N)o[n-]1.Cl. The zero-order chi connectivity index (χ0) is 6.85. The van der Waals surface area contributed by atoms with Crippen LogP contribution in [0.3, 0.4) is 0 Å². The summed E-state index contributed by atoms with van der Waals surface area (Å²) in [5.74, 6) is 0. The normalized spacial score (nSPS) is 9.50. The topological polar surface area (TPSA) is 55.0 Å². The molecule has 58 valence electrons. The number of halogens is 1. The summed E-state index contributed by atoms with van der Waals surface area (Å²) in [4.78, 5) is 0. The lowest BCUT2D eigenvalue weighted by atomic mass is 10.4. The number of hydrogen-bond acceptors (Lipinski definition) is 2. The lowest BCUT2D eigenvalue weighted by Crippen LogP contribution is -2.39. The molecule has 0 aliphatic heterocycles. The molecular formula is C5H10ClN3O. The van der Waals surface area contributed by atoms with E-state index >= 15 is 0 Å². The predicted molar refractivity (Wildman–Crippen MR) is 35.7 cm³/mol. The Kier molecular flexibility index (Phi) is 3.15. The molecule has 1 N–H and O–H groups in total. The van der Waals surface area contributed by atoms with Gasteiger partial charge in [0.2, 0.25) is 6.20 Å². The Morgan fingerprint density at radius 2 is 2.30 bits per heavy atom. The van der Waals surface area contributed by atoms with E-state index in [0.717, 1.165) is 0 Å². The maximum atomic E-state index is 6.96. The summed E-state index contributed by atoms with van der Waals surface area (Å²) in [6.07, 6.45) is 1.55. The molecule has 0 spiro atoms. The molecule has 0 amide bonds. The fourth-order valence-corrected chi connectivity index (χ4v) is 0.502. The van der Waals surface area contributed by atoms with Gasteiger partial charge in [0.1, 0.15) is 6.04 Å². The van der Waals surface area contributed by atoms with Gasteiger partial charge in [-0.2, -0.15) is 0 Å². The Hall–Kier alpha value is -0.770. The highest BCUT2D eigenvalue weighted by Crippen LogP contribution is 1.82. The summed E-state index contributed by atoms with van der Waals surface area (Å²) in [5, 5.41) is 10.5. The molecule has 0 fully saturated rings. The van der Waals surface area contributed by atoms with E-state index < -0.39 is 0 Å². The molecule has 0 saturated heterocycles. The van der Waals surface area contributed by atoms with Crippen molar-refractivity contribution in [2.24, 2.45) is 0 Å². The van der Waals surface area contributed by atoms with Crippen molar-refractivity contribution in [2.75, 3.05) is 0 Å². The number of nitrogens with zero attached hydrogens (tertiary/aromatic N) is 2. The van der Waals surface area contributed by atoms with E-state index in [4.69, 9.17) is 5.41 Å². The van der Waals surface area contributed by atoms with Crippen LogP contribution in [0.4, 0.5) is 0 Å². The Labute approximate surface area is 64.7 Å². The van der Waals surface area contributed by atoms with Gasteiger partial charge in [0.25, 0.3) is 5.55 Å². The van der Waals surface area contributed by atoms with Gasteiger partial charge in [0.15, 0.2) is 0 Å². The molecule has 0 unspecified atom stereocenters. The molecule has 1 aromatic heterocycles. The summed E-state index contributed by atoms with van der Waals surface area (Å²) < 4.78 is 6.10. The minimum Gasteiger partial charge on any atom is -0.487 e. The maximum Gasteiger partial charge on any atom is 0.264 e. The van der Waals surface area contributed by atoms with Crippen LogP contribution in [0.1, 0.15) is 19.9 Å². The summed E-state index contributed by atoms with van der Waals surface area (Å²) >= 11 is 0. The van der Waals surface area contributed by atoms with Crippen LogP contribution in [0.5, 0.6) is 0 Å². The second-order valence-corrected chi connectivity index (χ2v) is 2.14. The van der Waals surface area contributed by atoms with Crippen LogP contribution >= 0.6 is 12.4 Å². The van der Waals surface area contributed by atoms with Gasteiger partial charge in [0.05, 0.1) is 0 Å². The van der Waals surface area contributed by atoms with E-state index in [9.17, 15) is 0 Å². The van der Waals surface area contributed by atoms with Gasteiger partial charge < -0.3 is 4.52 Å². The highest BCUT2D eigenvalue weighted by Gasteiger charge is 1.99. The van der Waals surface area contributed by atoms with Gasteiger partial charge in [0, 0.05) is 0 Å². The Morgan fingerprint density at radius 1 is 1.70 bits per heavy atom. The Balaban J connectivity index is 0.000000810. The zero-order valence-electron chi connectivity index (χ0n) is 5.87. The first-order chi connectivity index (χ1) is 4.20. The van der Waals surface area contributed by atoms with Crippen molar-refractivity contribution in [3.8, 4) is 0 Å². The molecule has 1 aromatic rings. The van der Waals surface area contributed by atoms with Gasteiger partial charge in [-0.3, -0.25) is 10.7 Å². The quantitative estimate of drug-likeness (QED) is 0.593. The third-order valence-corrected chi connectivity index (χ3v) is 1.01. The number of aromatic nitrogens is 2. The van der Waals surface area contributed by atoms with Crippen LogP contribution in [0.2, 0.25) is 0 Å². The van der Waals surface area contributed by atoms with E-state index in [1.807, 2.05) is 13.8 Å². The molecule has 5 heteroatoms.